The fourth-order valence-corrected chi connectivity index (χ4v) is 4.61. The minimum atomic E-state index is -0.298. The van der Waals surface area contributed by atoms with Crippen LogP contribution in [0, 0.1) is 0 Å². The number of hydrogen-bond acceptors (Lipinski definition) is 7. The van der Waals surface area contributed by atoms with Crippen LogP contribution in [-0.2, 0) is 6.54 Å². The molecule has 3 aromatic carbocycles. The molecule has 2 amide bonds. The summed E-state index contributed by atoms with van der Waals surface area (Å²) in [4.78, 5) is 30.2. The minimum Gasteiger partial charge on any atom is -0.371 e. The largest absolute Gasteiger partial charge is 0.371 e. The van der Waals surface area contributed by atoms with Gasteiger partial charge >= 0.3 is 0 Å². The second kappa shape index (κ2) is 15.4. The molecule has 0 bridgehead atoms. The molecule has 11 heteroatoms. The van der Waals surface area contributed by atoms with Crippen LogP contribution in [0.1, 0.15) is 33.2 Å². The first-order chi connectivity index (χ1) is 19.3. The van der Waals surface area contributed by atoms with E-state index in [4.69, 9.17) is 29.0 Å². The van der Waals surface area contributed by atoms with Crippen molar-refractivity contribution in [2.75, 3.05) is 66.0 Å². The molecule has 0 saturated carbocycles. The Morgan fingerprint density at radius 2 is 1.40 bits per heavy atom. The molecule has 0 aliphatic carbocycles. The summed E-state index contributed by atoms with van der Waals surface area (Å²) in [6, 6.07) is 19.8. The average Bonchev–Trinajstić information content (AvgIpc) is 2.94. The normalized spacial score (nSPS) is 10.9. The van der Waals surface area contributed by atoms with Crippen LogP contribution in [0.2, 0.25) is 0 Å². The Balaban J connectivity index is 1.72. The highest BCUT2D eigenvalue weighted by molar-refractivity contribution is 6.18. The van der Waals surface area contributed by atoms with Gasteiger partial charge in [-0.25, -0.2) is 0 Å². The third kappa shape index (κ3) is 8.84. The summed E-state index contributed by atoms with van der Waals surface area (Å²) in [5.41, 5.74) is 7.58. The lowest BCUT2D eigenvalue weighted by molar-refractivity contribution is 0.101. The second-order valence-corrected chi connectivity index (χ2v) is 10.2. The van der Waals surface area contributed by atoms with Crippen LogP contribution in [0.5, 0.6) is 0 Å². The summed E-state index contributed by atoms with van der Waals surface area (Å²) in [6.45, 7) is 4.81. The molecule has 0 heterocycles. The maximum absolute atomic E-state index is 13.1. The molecule has 0 aromatic heterocycles. The lowest BCUT2D eigenvalue weighted by Crippen LogP contribution is -2.44. The number of benzene rings is 3. The number of amides is 2. The number of nitrogens with one attached hydrogen (secondary N) is 3. The third-order valence-electron chi connectivity index (χ3n) is 6.12. The van der Waals surface area contributed by atoms with Crippen LogP contribution in [0.25, 0.3) is 0 Å². The topological polar surface area (TPSA) is 106 Å². The van der Waals surface area contributed by atoms with E-state index in [-0.39, 0.29) is 11.8 Å². The van der Waals surface area contributed by atoms with Gasteiger partial charge in [0.1, 0.15) is 0 Å². The van der Waals surface area contributed by atoms with E-state index in [0.29, 0.717) is 47.4 Å². The van der Waals surface area contributed by atoms with Crippen molar-refractivity contribution >= 4 is 57.8 Å². The fraction of sp³-hybridized carbons (Fsp3) is 0.310. The molecule has 3 rings (SSSR count). The first kappa shape index (κ1) is 31.2. The van der Waals surface area contributed by atoms with Gasteiger partial charge in [-0.1, -0.05) is 6.07 Å². The maximum Gasteiger partial charge on any atom is 0.255 e. The van der Waals surface area contributed by atoms with Gasteiger partial charge in [-0.15, -0.1) is 23.2 Å². The highest BCUT2D eigenvalue weighted by atomic mass is 35.5. The lowest BCUT2D eigenvalue weighted by atomic mass is 10.1. The molecular formula is C29H37Cl2N7O2. The molecule has 0 aliphatic heterocycles. The fourth-order valence-electron chi connectivity index (χ4n) is 4.24. The van der Waals surface area contributed by atoms with Gasteiger partial charge < -0.3 is 20.4 Å². The minimum absolute atomic E-state index is 0.262. The predicted molar refractivity (Wildman–Crippen MR) is 167 cm³/mol. The highest BCUT2D eigenvalue weighted by Crippen LogP contribution is 2.24. The standard InChI is InChI=1S/C29H37Cl2N7O2/c1-4-37(14-12-30)27-17-21(20-36(2)3)16-25(19-27)34-29(40)23-10-8-22(9-11-23)28(39)33-24-6-5-7-26(18-24)38(35-32)15-13-31/h5-11,16-19,35H,4,12-15,20,32H2,1-3H3,(H,33,39)(H,34,40). The van der Waals surface area contributed by atoms with Crippen molar-refractivity contribution in [1.29, 1.82) is 0 Å². The number of carbonyl (C=O) groups is 2. The molecule has 0 unspecified atom stereocenters. The zero-order valence-corrected chi connectivity index (χ0v) is 24.6. The van der Waals surface area contributed by atoms with E-state index in [1.165, 1.54) is 0 Å². The van der Waals surface area contributed by atoms with Crippen molar-refractivity contribution < 1.29 is 9.59 Å². The van der Waals surface area contributed by atoms with Crippen LogP contribution in [-0.4, -0.2) is 62.2 Å². The summed E-state index contributed by atoms with van der Waals surface area (Å²) in [7, 11) is 4.01. The summed E-state index contributed by atoms with van der Waals surface area (Å²) in [5.74, 6) is 5.91. The molecular weight excluding hydrogens is 549 g/mol. The average molecular weight is 587 g/mol. The van der Waals surface area contributed by atoms with E-state index < -0.39 is 0 Å². The van der Waals surface area contributed by atoms with Gasteiger partial charge in [0, 0.05) is 66.1 Å². The zero-order valence-electron chi connectivity index (χ0n) is 23.1. The third-order valence-corrected chi connectivity index (χ3v) is 6.46. The van der Waals surface area contributed by atoms with Crippen molar-refractivity contribution in [3.63, 3.8) is 0 Å². The van der Waals surface area contributed by atoms with E-state index in [1.54, 1.807) is 41.4 Å². The first-order valence-electron chi connectivity index (χ1n) is 13.0. The molecule has 0 spiro atoms. The number of halogens is 2. The monoisotopic (exact) mass is 585 g/mol. The molecule has 9 nitrogen and oxygen atoms in total. The number of alkyl halides is 2. The number of hydrazine groups is 2. The van der Waals surface area contributed by atoms with Gasteiger partial charge in [0.15, 0.2) is 0 Å². The molecule has 40 heavy (non-hydrogen) atoms. The predicted octanol–water partition coefficient (Wildman–Crippen LogP) is 4.74. The van der Waals surface area contributed by atoms with E-state index in [0.717, 1.165) is 30.0 Å². The van der Waals surface area contributed by atoms with Gasteiger partial charge in [0.2, 0.25) is 0 Å². The number of nitrogens with zero attached hydrogens (tertiary/aromatic N) is 3. The summed E-state index contributed by atoms with van der Waals surface area (Å²) in [5, 5.41) is 7.56. The Hall–Kier alpha value is -3.34. The van der Waals surface area contributed by atoms with Crippen LogP contribution >= 0.6 is 23.2 Å². The molecule has 0 atom stereocenters. The quantitative estimate of drug-likeness (QED) is 0.123. The van der Waals surface area contributed by atoms with E-state index in [9.17, 15) is 9.59 Å². The van der Waals surface area contributed by atoms with Crippen LogP contribution in [0.4, 0.5) is 22.7 Å². The van der Waals surface area contributed by atoms with E-state index >= 15 is 0 Å². The highest BCUT2D eigenvalue weighted by Gasteiger charge is 2.13. The Kier molecular flexibility index (Phi) is 12.0. The van der Waals surface area contributed by atoms with Crippen LogP contribution < -0.4 is 31.9 Å². The second-order valence-electron chi connectivity index (χ2n) is 9.40. The van der Waals surface area contributed by atoms with Gasteiger partial charge in [-0.3, -0.25) is 20.4 Å². The molecule has 214 valence electrons. The summed E-state index contributed by atoms with van der Waals surface area (Å²) < 4.78 is 0. The number of carbonyl (C=O) groups excluding carboxylic acids is 2. The molecule has 5 N–H and O–H groups in total. The maximum atomic E-state index is 13.1. The Morgan fingerprint density at radius 1 is 0.800 bits per heavy atom. The van der Waals surface area contributed by atoms with Crippen LogP contribution in [0.3, 0.4) is 0 Å². The van der Waals surface area contributed by atoms with Crippen LogP contribution in [0.15, 0.2) is 66.7 Å². The molecule has 0 saturated heterocycles. The van der Waals surface area contributed by atoms with Crippen molar-refractivity contribution in [1.82, 2.24) is 10.4 Å². The van der Waals surface area contributed by atoms with Gasteiger partial charge in [-0.2, -0.15) is 5.53 Å². The Bertz CT molecular complexity index is 1270. The number of hydrogen-bond donors (Lipinski definition) is 4. The Labute approximate surface area is 246 Å². The molecule has 3 aromatic rings. The number of rotatable bonds is 14. The SMILES string of the molecule is CCN(CCCl)c1cc(CN(C)C)cc(NC(=O)c2ccc(C(=O)Nc3cccc(N(CCCl)NN)c3)cc2)c1. The van der Waals surface area contributed by atoms with Gasteiger partial charge in [0.05, 0.1) is 5.69 Å². The van der Waals surface area contributed by atoms with Crippen molar-refractivity contribution in [2.24, 2.45) is 5.84 Å². The Morgan fingerprint density at radius 3 is 1.95 bits per heavy atom. The molecule has 0 fully saturated rings. The van der Waals surface area contributed by atoms with Crippen molar-refractivity contribution in [2.45, 2.75) is 13.5 Å². The van der Waals surface area contributed by atoms with Gasteiger partial charge in [-0.05, 0) is 87.2 Å². The van der Waals surface area contributed by atoms with Gasteiger partial charge in [0.25, 0.3) is 11.8 Å². The lowest BCUT2D eigenvalue weighted by Gasteiger charge is -2.24. The zero-order chi connectivity index (χ0) is 29.1. The van der Waals surface area contributed by atoms with Crippen molar-refractivity contribution in [3.05, 3.63) is 83.4 Å². The van der Waals surface area contributed by atoms with E-state index in [2.05, 4.69) is 39.0 Å². The molecule has 0 aliphatic rings. The molecule has 0 radical (unpaired) electrons. The summed E-state index contributed by atoms with van der Waals surface area (Å²) >= 11 is 11.8. The van der Waals surface area contributed by atoms with E-state index in [1.807, 2.05) is 38.4 Å². The smallest absolute Gasteiger partial charge is 0.255 e. The first-order valence-corrected chi connectivity index (χ1v) is 14.1. The summed E-state index contributed by atoms with van der Waals surface area (Å²) in [6.07, 6.45) is 0. The number of nitrogens with two attached hydrogens (primary N) is 1. The van der Waals surface area contributed by atoms with Crippen molar-refractivity contribution in [3.8, 4) is 0 Å². The number of anilines is 4.